The number of aliphatic carboxylic acids is 1. The Morgan fingerprint density at radius 3 is 2.48 bits per heavy atom. The lowest BCUT2D eigenvalue weighted by molar-refractivity contribution is -0.141. The molecule has 2 atom stereocenters. The largest absolute Gasteiger partial charge is 0.481 e. The standard InChI is InChI=1S/C16H14F3N3O3/c1-21-7-20-4-12(21)8-5-22(6-9(8)16(24)25)15(23)13-10(17)2-3-11(18)14(13)19/h2-4,7-9H,5-6H2,1H3,(H,24,25)/t8-,9-/m1/s1. The molecule has 1 aliphatic rings. The van der Waals surface area contributed by atoms with Gasteiger partial charge in [-0.05, 0) is 12.1 Å². The maximum absolute atomic E-state index is 13.9. The van der Waals surface area contributed by atoms with Crippen LogP contribution in [0.4, 0.5) is 13.2 Å². The number of aryl methyl sites for hydroxylation is 1. The van der Waals surface area contributed by atoms with Gasteiger partial charge in [0.2, 0.25) is 0 Å². The molecule has 2 aromatic rings. The zero-order chi connectivity index (χ0) is 18.3. The van der Waals surface area contributed by atoms with E-state index < -0.39 is 46.7 Å². The quantitative estimate of drug-likeness (QED) is 0.854. The molecular weight excluding hydrogens is 339 g/mol. The van der Waals surface area contributed by atoms with Crippen LogP contribution in [0.2, 0.25) is 0 Å². The summed E-state index contributed by atoms with van der Waals surface area (Å²) in [5.74, 6) is -7.89. The van der Waals surface area contributed by atoms with Crippen LogP contribution >= 0.6 is 0 Å². The van der Waals surface area contributed by atoms with Gasteiger partial charge in [-0.1, -0.05) is 0 Å². The van der Waals surface area contributed by atoms with Gasteiger partial charge in [-0.15, -0.1) is 0 Å². The number of halogens is 3. The van der Waals surface area contributed by atoms with Crippen LogP contribution in [0, 0.1) is 23.4 Å². The van der Waals surface area contributed by atoms with Crippen LogP contribution in [0.3, 0.4) is 0 Å². The summed E-state index contributed by atoms with van der Waals surface area (Å²) in [6, 6.07) is 1.25. The highest BCUT2D eigenvalue weighted by molar-refractivity contribution is 5.95. The van der Waals surface area contributed by atoms with Gasteiger partial charge in [-0.2, -0.15) is 0 Å². The van der Waals surface area contributed by atoms with E-state index in [9.17, 15) is 27.9 Å². The number of hydrogen-bond acceptors (Lipinski definition) is 3. The third kappa shape index (κ3) is 2.86. The number of rotatable bonds is 3. The molecule has 0 aliphatic carbocycles. The molecule has 1 saturated heterocycles. The number of carbonyl (C=O) groups excluding carboxylic acids is 1. The van der Waals surface area contributed by atoms with Gasteiger partial charge in [0.15, 0.2) is 11.6 Å². The minimum Gasteiger partial charge on any atom is -0.481 e. The molecule has 0 bridgehead atoms. The maximum atomic E-state index is 13.9. The lowest BCUT2D eigenvalue weighted by atomic mass is 9.93. The van der Waals surface area contributed by atoms with E-state index in [1.807, 2.05) is 0 Å². The molecule has 0 unspecified atom stereocenters. The normalized spacial score (nSPS) is 20.1. The Labute approximate surface area is 140 Å². The predicted octanol–water partition coefficient (Wildman–Crippen LogP) is 1.78. The number of carbonyl (C=O) groups is 2. The first kappa shape index (κ1) is 17.0. The third-order valence-electron chi connectivity index (χ3n) is 4.42. The SMILES string of the molecule is Cn1cncc1[C@@H]1CN(C(=O)c2c(F)ccc(F)c2F)C[C@H]1C(=O)O. The summed E-state index contributed by atoms with van der Waals surface area (Å²) in [6.07, 6.45) is 2.97. The van der Waals surface area contributed by atoms with E-state index in [0.717, 1.165) is 4.90 Å². The first-order valence-electron chi connectivity index (χ1n) is 7.43. The number of carboxylic acid groups (broad SMARTS) is 1. The minimum atomic E-state index is -1.58. The van der Waals surface area contributed by atoms with Crippen LogP contribution in [0.25, 0.3) is 0 Å². The second kappa shape index (κ2) is 6.23. The van der Waals surface area contributed by atoms with Crippen LogP contribution in [0.1, 0.15) is 22.0 Å². The summed E-state index contributed by atoms with van der Waals surface area (Å²) in [7, 11) is 1.68. The Hall–Kier alpha value is -2.84. The van der Waals surface area contributed by atoms with Gasteiger partial charge in [0.05, 0.1) is 12.2 Å². The Morgan fingerprint density at radius 2 is 1.88 bits per heavy atom. The molecule has 1 aromatic heterocycles. The van der Waals surface area contributed by atoms with Gasteiger partial charge in [-0.25, -0.2) is 18.2 Å². The molecule has 9 heteroatoms. The van der Waals surface area contributed by atoms with Crippen molar-refractivity contribution in [1.82, 2.24) is 14.5 Å². The number of aromatic nitrogens is 2. The summed E-state index contributed by atoms with van der Waals surface area (Å²) >= 11 is 0. The lowest BCUT2D eigenvalue weighted by Crippen LogP contribution is -2.31. The van der Waals surface area contributed by atoms with Crippen molar-refractivity contribution in [3.05, 3.63) is 53.4 Å². The number of benzene rings is 1. The molecule has 1 N–H and O–H groups in total. The molecule has 0 radical (unpaired) electrons. The van der Waals surface area contributed by atoms with Crippen LogP contribution in [-0.4, -0.2) is 44.5 Å². The zero-order valence-electron chi connectivity index (χ0n) is 13.1. The van der Waals surface area contributed by atoms with Gasteiger partial charge in [0.1, 0.15) is 11.4 Å². The van der Waals surface area contributed by atoms with Crippen LogP contribution in [0.5, 0.6) is 0 Å². The smallest absolute Gasteiger partial charge is 0.309 e. The lowest BCUT2D eigenvalue weighted by Gasteiger charge is -2.17. The molecule has 132 valence electrons. The molecule has 0 saturated carbocycles. The van der Waals surface area contributed by atoms with Gasteiger partial charge in [-0.3, -0.25) is 9.59 Å². The molecule has 1 fully saturated rings. The number of imidazole rings is 1. The average Bonchev–Trinajstić information content (AvgIpc) is 3.17. The van der Waals surface area contributed by atoms with Gasteiger partial charge in [0, 0.05) is 37.9 Å². The second-order valence-corrected chi connectivity index (χ2v) is 5.91. The van der Waals surface area contributed by atoms with E-state index >= 15 is 0 Å². The molecule has 25 heavy (non-hydrogen) atoms. The monoisotopic (exact) mass is 353 g/mol. The molecule has 3 rings (SSSR count). The van der Waals surface area contributed by atoms with Gasteiger partial charge in [0.25, 0.3) is 5.91 Å². The van der Waals surface area contributed by atoms with E-state index in [2.05, 4.69) is 4.98 Å². The predicted molar refractivity (Wildman–Crippen MR) is 79.3 cm³/mol. The average molecular weight is 353 g/mol. The van der Waals surface area contributed by atoms with Gasteiger partial charge >= 0.3 is 5.97 Å². The van der Waals surface area contributed by atoms with Crippen molar-refractivity contribution in [2.24, 2.45) is 13.0 Å². The number of carboxylic acids is 1. The van der Waals surface area contributed by atoms with Crippen molar-refractivity contribution >= 4 is 11.9 Å². The number of likely N-dealkylation sites (tertiary alicyclic amines) is 1. The summed E-state index contributed by atoms with van der Waals surface area (Å²) in [5.41, 5.74) is -0.433. The molecular formula is C16H14F3N3O3. The summed E-state index contributed by atoms with van der Waals surface area (Å²) < 4.78 is 42.7. The fourth-order valence-corrected chi connectivity index (χ4v) is 3.13. The molecule has 6 nitrogen and oxygen atoms in total. The Morgan fingerprint density at radius 1 is 1.20 bits per heavy atom. The van der Waals surface area contributed by atoms with Crippen molar-refractivity contribution in [2.45, 2.75) is 5.92 Å². The highest BCUT2D eigenvalue weighted by Gasteiger charge is 2.43. The van der Waals surface area contributed by atoms with Crippen molar-refractivity contribution < 1.29 is 27.9 Å². The summed E-state index contributed by atoms with van der Waals surface area (Å²) in [4.78, 5) is 29.0. The summed E-state index contributed by atoms with van der Waals surface area (Å²) in [6.45, 7) is -0.301. The number of nitrogens with zero attached hydrogens (tertiary/aromatic N) is 3. The van der Waals surface area contributed by atoms with Crippen molar-refractivity contribution in [3.63, 3.8) is 0 Å². The van der Waals surface area contributed by atoms with E-state index in [1.54, 1.807) is 11.6 Å². The van der Waals surface area contributed by atoms with Crippen LogP contribution < -0.4 is 0 Å². The number of hydrogen-bond donors (Lipinski definition) is 1. The maximum Gasteiger partial charge on any atom is 0.309 e. The zero-order valence-corrected chi connectivity index (χ0v) is 13.1. The van der Waals surface area contributed by atoms with Crippen molar-refractivity contribution in [3.8, 4) is 0 Å². The topological polar surface area (TPSA) is 75.4 Å². The van der Waals surface area contributed by atoms with Gasteiger partial charge < -0.3 is 14.6 Å². The highest BCUT2D eigenvalue weighted by atomic mass is 19.2. The van der Waals surface area contributed by atoms with Crippen molar-refractivity contribution in [1.29, 1.82) is 0 Å². The fraction of sp³-hybridized carbons (Fsp3) is 0.312. The summed E-state index contributed by atoms with van der Waals surface area (Å²) in [5, 5.41) is 9.42. The van der Waals surface area contributed by atoms with Crippen LogP contribution in [-0.2, 0) is 11.8 Å². The molecule has 1 aliphatic heterocycles. The second-order valence-electron chi connectivity index (χ2n) is 5.91. The molecule has 1 aromatic carbocycles. The molecule has 2 heterocycles. The molecule has 0 spiro atoms. The first-order valence-corrected chi connectivity index (χ1v) is 7.43. The minimum absolute atomic E-state index is 0.0648. The first-order chi connectivity index (χ1) is 11.8. The molecule has 1 amide bonds. The Balaban J connectivity index is 1.95. The van der Waals surface area contributed by atoms with E-state index in [1.165, 1.54) is 12.5 Å². The fourth-order valence-electron chi connectivity index (χ4n) is 3.13. The van der Waals surface area contributed by atoms with E-state index in [4.69, 9.17) is 0 Å². The van der Waals surface area contributed by atoms with Crippen molar-refractivity contribution in [2.75, 3.05) is 13.1 Å². The third-order valence-corrected chi connectivity index (χ3v) is 4.42. The Kier molecular flexibility index (Phi) is 4.23. The Bertz CT molecular complexity index is 852. The van der Waals surface area contributed by atoms with Crippen LogP contribution in [0.15, 0.2) is 24.7 Å². The van der Waals surface area contributed by atoms with E-state index in [-0.39, 0.29) is 13.1 Å². The number of amides is 1. The highest BCUT2D eigenvalue weighted by Crippen LogP contribution is 2.34. The van der Waals surface area contributed by atoms with E-state index in [0.29, 0.717) is 17.8 Å².